The fourth-order valence-electron chi connectivity index (χ4n) is 2.87. The molecule has 1 aliphatic rings. The minimum atomic E-state index is -0.466. The van der Waals surface area contributed by atoms with Crippen LogP contribution in [0.1, 0.15) is 19.4 Å². The SMILES string of the molecule is CN=C(NCc1cc(F)ccc1F)N1CCN(CC(=O)NC(C)C)CC1.I. The van der Waals surface area contributed by atoms with E-state index in [2.05, 4.69) is 20.5 Å². The summed E-state index contributed by atoms with van der Waals surface area (Å²) in [5.74, 6) is -0.251. The Bertz CT molecular complexity index is 649. The van der Waals surface area contributed by atoms with E-state index in [-0.39, 0.29) is 48.0 Å². The Morgan fingerprint density at radius 3 is 2.48 bits per heavy atom. The van der Waals surface area contributed by atoms with Gasteiger partial charge in [0.2, 0.25) is 5.91 Å². The van der Waals surface area contributed by atoms with Gasteiger partial charge in [-0.05, 0) is 32.0 Å². The molecule has 0 bridgehead atoms. The van der Waals surface area contributed by atoms with Crippen LogP contribution in [-0.2, 0) is 11.3 Å². The summed E-state index contributed by atoms with van der Waals surface area (Å²) >= 11 is 0. The van der Waals surface area contributed by atoms with Crippen molar-refractivity contribution < 1.29 is 13.6 Å². The number of guanidine groups is 1. The van der Waals surface area contributed by atoms with Crippen LogP contribution in [0.4, 0.5) is 8.78 Å². The van der Waals surface area contributed by atoms with Gasteiger partial charge in [-0.25, -0.2) is 8.78 Å². The molecule has 27 heavy (non-hydrogen) atoms. The van der Waals surface area contributed by atoms with Crippen molar-refractivity contribution in [1.82, 2.24) is 20.4 Å². The lowest BCUT2D eigenvalue weighted by molar-refractivity contribution is -0.123. The van der Waals surface area contributed by atoms with Gasteiger partial charge in [0.1, 0.15) is 11.6 Å². The first-order valence-electron chi connectivity index (χ1n) is 8.80. The largest absolute Gasteiger partial charge is 0.353 e. The van der Waals surface area contributed by atoms with Crippen molar-refractivity contribution in [2.75, 3.05) is 39.8 Å². The monoisotopic (exact) mass is 495 g/mol. The lowest BCUT2D eigenvalue weighted by Crippen LogP contribution is -2.54. The third kappa shape index (κ3) is 7.57. The molecule has 1 aliphatic heterocycles. The van der Waals surface area contributed by atoms with E-state index < -0.39 is 11.6 Å². The second-order valence-corrected chi connectivity index (χ2v) is 6.62. The standard InChI is InChI=1S/C18H27F2N5O.HI/c1-13(2)23-17(26)12-24-6-8-25(9-7-24)18(21-3)22-11-14-10-15(19)4-5-16(14)20;/h4-5,10,13H,6-9,11-12H2,1-3H3,(H,21,22)(H,23,26);1H. The summed E-state index contributed by atoms with van der Waals surface area (Å²) < 4.78 is 27.0. The van der Waals surface area contributed by atoms with E-state index in [0.29, 0.717) is 25.6 Å². The molecule has 1 fully saturated rings. The first kappa shape index (κ1) is 23.5. The lowest BCUT2D eigenvalue weighted by atomic mass is 10.2. The summed E-state index contributed by atoms with van der Waals surface area (Å²) in [4.78, 5) is 20.2. The maximum absolute atomic E-state index is 13.7. The number of carbonyl (C=O) groups is 1. The zero-order valence-electron chi connectivity index (χ0n) is 16.0. The molecule has 0 unspecified atom stereocenters. The fraction of sp³-hybridized carbons (Fsp3) is 0.556. The minimum absolute atomic E-state index is 0. The molecular formula is C18H28F2IN5O. The van der Waals surface area contributed by atoms with E-state index in [1.54, 1.807) is 7.05 Å². The van der Waals surface area contributed by atoms with Gasteiger partial charge in [0.05, 0.1) is 6.54 Å². The average Bonchev–Trinajstić information content (AvgIpc) is 2.59. The second-order valence-electron chi connectivity index (χ2n) is 6.62. The van der Waals surface area contributed by atoms with Crippen molar-refractivity contribution in [2.45, 2.75) is 26.4 Å². The molecule has 1 aromatic carbocycles. The van der Waals surface area contributed by atoms with Gasteiger partial charge in [0.15, 0.2) is 5.96 Å². The number of piperazine rings is 1. The number of hydrogen-bond donors (Lipinski definition) is 2. The van der Waals surface area contributed by atoms with Gasteiger partial charge in [-0.1, -0.05) is 0 Å². The van der Waals surface area contributed by atoms with Crippen LogP contribution in [0.25, 0.3) is 0 Å². The van der Waals surface area contributed by atoms with Crippen molar-refractivity contribution in [3.8, 4) is 0 Å². The summed E-state index contributed by atoms with van der Waals surface area (Å²) in [5.41, 5.74) is 0.259. The van der Waals surface area contributed by atoms with Crippen LogP contribution in [0.15, 0.2) is 23.2 Å². The average molecular weight is 495 g/mol. The van der Waals surface area contributed by atoms with Crippen molar-refractivity contribution >= 4 is 35.8 Å². The van der Waals surface area contributed by atoms with E-state index >= 15 is 0 Å². The van der Waals surface area contributed by atoms with Gasteiger partial charge in [0.25, 0.3) is 0 Å². The second kappa shape index (κ2) is 11.4. The van der Waals surface area contributed by atoms with Crippen LogP contribution < -0.4 is 10.6 Å². The van der Waals surface area contributed by atoms with Crippen LogP contribution >= 0.6 is 24.0 Å². The van der Waals surface area contributed by atoms with Crippen molar-refractivity contribution in [2.24, 2.45) is 4.99 Å². The summed E-state index contributed by atoms with van der Waals surface area (Å²) in [6.45, 7) is 7.31. The van der Waals surface area contributed by atoms with Gasteiger partial charge in [0, 0.05) is 51.4 Å². The Balaban J connectivity index is 0.00000364. The van der Waals surface area contributed by atoms with Crippen LogP contribution in [0.2, 0.25) is 0 Å². The van der Waals surface area contributed by atoms with Gasteiger partial charge >= 0.3 is 0 Å². The number of hydrogen-bond acceptors (Lipinski definition) is 3. The summed E-state index contributed by atoms with van der Waals surface area (Å²) in [6, 6.07) is 3.54. The molecule has 6 nitrogen and oxygen atoms in total. The molecule has 0 aliphatic carbocycles. The van der Waals surface area contributed by atoms with Crippen molar-refractivity contribution in [1.29, 1.82) is 0 Å². The van der Waals surface area contributed by atoms with Crippen molar-refractivity contribution in [3.63, 3.8) is 0 Å². The molecule has 2 rings (SSSR count). The molecule has 0 spiro atoms. The molecule has 0 atom stereocenters. The van der Waals surface area contributed by atoms with Crippen molar-refractivity contribution in [3.05, 3.63) is 35.4 Å². The molecule has 1 aromatic rings. The van der Waals surface area contributed by atoms with E-state index in [9.17, 15) is 13.6 Å². The maximum atomic E-state index is 13.7. The number of benzene rings is 1. The normalized spacial score (nSPS) is 15.5. The number of halogens is 3. The molecule has 9 heteroatoms. The number of nitrogens with one attached hydrogen (secondary N) is 2. The van der Waals surface area contributed by atoms with Gasteiger partial charge in [-0.2, -0.15) is 0 Å². The molecule has 0 saturated carbocycles. The fourth-order valence-corrected chi connectivity index (χ4v) is 2.87. The summed E-state index contributed by atoms with van der Waals surface area (Å²) in [7, 11) is 1.66. The Morgan fingerprint density at radius 2 is 1.89 bits per heavy atom. The summed E-state index contributed by atoms with van der Waals surface area (Å²) in [5, 5.41) is 5.96. The zero-order valence-corrected chi connectivity index (χ0v) is 18.3. The Hall–Kier alpha value is -1.49. The predicted octanol–water partition coefficient (Wildman–Crippen LogP) is 1.80. The topological polar surface area (TPSA) is 60.0 Å². The molecular weight excluding hydrogens is 467 g/mol. The summed E-state index contributed by atoms with van der Waals surface area (Å²) in [6.07, 6.45) is 0. The van der Waals surface area contributed by atoms with E-state index in [4.69, 9.17) is 0 Å². The number of nitrogens with zero attached hydrogens (tertiary/aromatic N) is 3. The van der Waals surface area contributed by atoms with E-state index in [0.717, 1.165) is 25.2 Å². The molecule has 1 saturated heterocycles. The third-order valence-corrected chi connectivity index (χ3v) is 4.15. The Kier molecular flexibility index (Phi) is 9.92. The highest BCUT2D eigenvalue weighted by atomic mass is 127. The highest BCUT2D eigenvalue weighted by Crippen LogP contribution is 2.10. The molecule has 152 valence electrons. The van der Waals surface area contributed by atoms with Crippen LogP contribution in [0.5, 0.6) is 0 Å². The number of rotatable bonds is 5. The highest BCUT2D eigenvalue weighted by Gasteiger charge is 2.21. The number of carbonyl (C=O) groups excluding carboxylic acids is 1. The lowest BCUT2D eigenvalue weighted by Gasteiger charge is -2.36. The molecule has 1 amide bonds. The zero-order chi connectivity index (χ0) is 19.1. The number of amides is 1. The van der Waals surface area contributed by atoms with Crippen LogP contribution in [0, 0.1) is 11.6 Å². The predicted molar refractivity (Wildman–Crippen MR) is 113 cm³/mol. The Labute approximate surface area is 176 Å². The first-order valence-corrected chi connectivity index (χ1v) is 8.80. The van der Waals surface area contributed by atoms with Gasteiger partial charge < -0.3 is 15.5 Å². The quantitative estimate of drug-likeness (QED) is 0.372. The first-order chi connectivity index (χ1) is 12.4. The Morgan fingerprint density at radius 1 is 1.22 bits per heavy atom. The molecule has 1 heterocycles. The van der Waals surface area contributed by atoms with Gasteiger partial charge in [-0.3, -0.25) is 14.7 Å². The van der Waals surface area contributed by atoms with Gasteiger partial charge in [-0.15, -0.1) is 24.0 Å². The minimum Gasteiger partial charge on any atom is -0.353 e. The smallest absolute Gasteiger partial charge is 0.234 e. The maximum Gasteiger partial charge on any atom is 0.234 e. The van der Waals surface area contributed by atoms with E-state index in [1.165, 1.54) is 6.07 Å². The third-order valence-electron chi connectivity index (χ3n) is 4.15. The molecule has 0 aromatic heterocycles. The highest BCUT2D eigenvalue weighted by molar-refractivity contribution is 14.0. The number of aliphatic imine (C=N–C) groups is 1. The van der Waals surface area contributed by atoms with E-state index in [1.807, 2.05) is 18.7 Å². The molecule has 0 radical (unpaired) electrons. The van der Waals surface area contributed by atoms with Crippen LogP contribution in [-0.4, -0.2) is 67.5 Å². The van der Waals surface area contributed by atoms with Crippen LogP contribution in [0.3, 0.4) is 0 Å². The molecule has 2 N–H and O–H groups in total.